The van der Waals surface area contributed by atoms with E-state index in [0.29, 0.717) is 10.6 Å². The molecule has 0 spiro atoms. The largest absolute Gasteiger partial charge is 0.302 e. The number of nitrogens with one attached hydrogen (secondary N) is 3. The van der Waals surface area contributed by atoms with E-state index in [1.807, 2.05) is 0 Å². The molecular weight excluding hydrogens is 286 g/mol. The molecule has 100 valence electrons. The minimum absolute atomic E-state index is 0.0546. The summed E-state index contributed by atoms with van der Waals surface area (Å²) < 4.78 is 0. The maximum absolute atomic E-state index is 11.8. The number of thiocarbonyl (C=S) groups is 1. The lowest BCUT2D eigenvalue weighted by Gasteiger charge is -2.11. The van der Waals surface area contributed by atoms with Crippen molar-refractivity contribution in [2.24, 2.45) is 5.92 Å². The number of carbonyl (C=O) groups excluding carboxylic acids is 2. The minimum atomic E-state index is -0.423. The SMILES string of the molecule is O=C(NNC(=S)NC(=O)C1CC1)c1ccccc1Cl. The standard InChI is InChI=1S/C12H12ClN3O2S/c13-9-4-2-1-3-8(9)11(18)15-16-12(19)14-10(17)7-5-6-7/h1-4,7H,5-6H2,(H,15,18)(H2,14,16,17,19). The van der Waals surface area contributed by atoms with Crippen LogP contribution in [-0.4, -0.2) is 16.9 Å². The number of hydrazine groups is 1. The lowest BCUT2D eigenvalue weighted by molar-refractivity contribution is -0.120. The van der Waals surface area contributed by atoms with Gasteiger partial charge in [0, 0.05) is 5.92 Å². The van der Waals surface area contributed by atoms with E-state index in [1.54, 1.807) is 24.3 Å². The Morgan fingerprint density at radius 3 is 2.53 bits per heavy atom. The molecule has 0 radical (unpaired) electrons. The monoisotopic (exact) mass is 297 g/mol. The van der Waals surface area contributed by atoms with Crippen molar-refractivity contribution >= 4 is 40.7 Å². The van der Waals surface area contributed by atoms with Gasteiger partial charge in [-0.15, -0.1) is 0 Å². The Morgan fingerprint density at radius 1 is 1.21 bits per heavy atom. The summed E-state index contributed by atoms with van der Waals surface area (Å²) in [5.74, 6) is -0.489. The molecule has 5 nitrogen and oxygen atoms in total. The van der Waals surface area contributed by atoms with Crippen LogP contribution in [0, 0.1) is 5.92 Å². The molecule has 7 heteroatoms. The van der Waals surface area contributed by atoms with E-state index in [2.05, 4.69) is 16.2 Å². The van der Waals surface area contributed by atoms with Crippen molar-refractivity contribution in [2.45, 2.75) is 12.8 Å². The van der Waals surface area contributed by atoms with Gasteiger partial charge in [-0.1, -0.05) is 23.7 Å². The van der Waals surface area contributed by atoms with Gasteiger partial charge in [-0.2, -0.15) is 0 Å². The van der Waals surface area contributed by atoms with Crippen LogP contribution < -0.4 is 16.2 Å². The Labute approximate surface area is 120 Å². The first-order chi connectivity index (χ1) is 9.08. The molecule has 0 unspecified atom stereocenters. The fourth-order valence-corrected chi connectivity index (χ4v) is 1.79. The highest BCUT2D eigenvalue weighted by atomic mass is 35.5. The molecule has 1 fully saturated rings. The molecule has 0 aliphatic heterocycles. The van der Waals surface area contributed by atoms with E-state index < -0.39 is 5.91 Å². The van der Waals surface area contributed by atoms with Crippen LogP contribution in [-0.2, 0) is 4.79 Å². The molecule has 1 aromatic carbocycles. The zero-order valence-electron chi connectivity index (χ0n) is 9.90. The summed E-state index contributed by atoms with van der Waals surface area (Å²) in [5.41, 5.74) is 5.16. The van der Waals surface area contributed by atoms with Gasteiger partial charge in [-0.05, 0) is 37.2 Å². The first-order valence-electron chi connectivity index (χ1n) is 5.73. The molecule has 0 saturated heterocycles. The van der Waals surface area contributed by atoms with E-state index in [4.69, 9.17) is 23.8 Å². The van der Waals surface area contributed by atoms with Crippen molar-refractivity contribution in [3.63, 3.8) is 0 Å². The number of hydrogen-bond donors (Lipinski definition) is 3. The summed E-state index contributed by atoms with van der Waals surface area (Å²) in [5, 5.41) is 2.91. The molecule has 2 amide bonds. The Bertz CT molecular complexity index is 531. The topological polar surface area (TPSA) is 70.2 Å². The second-order valence-corrected chi connectivity index (χ2v) is 4.97. The summed E-state index contributed by atoms with van der Waals surface area (Å²) >= 11 is 10.8. The van der Waals surface area contributed by atoms with Crippen LogP contribution in [0.2, 0.25) is 5.02 Å². The van der Waals surface area contributed by atoms with Crippen molar-refractivity contribution in [2.75, 3.05) is 0 Å². The number of benzene rings is 1. The summed E-state index contributed by atoms with van der Waals surface area (Å²) in [7, 11) is 0. The fourth-order valence-electron chi connectivity index (χ4n) is 1.42. The summed E-state index contributed by atoms with van der Waals surface area (Å²) in [4.78, 5) is 23.2. The molecule has 0 atom stereocenters. The number of carbonyl (C=O) groups is 2. The molecule has 3 N–H and O–H groups in total. The number of hydrogen-bond acceptors (Lipinski definition) is 3. The molecule has 19 heavy (non-hydrogen) atoms. The number of halogens is 1. The van der Waals surface area contributed by atoms with Crippen molar-refractivity contribution in [3.8, 4) is 0 Å². The molecule has 0 aromatic heterocycles. The summed E-state index contributed by atoms with van der Waals surface area (Å²) in [6.45, 7) is 0. The predicted molar refractivity (Wildman–Crippen MR) is 75.5 cm³/mol. The first kappa shape index (κ1) is 13.8. The van der Waals surface area contributed by atoms with Crippen LogP contribution in [0.4, 0.5) is 0 Å². The average molecular weight is 298 g/mol. The third kappa shape index (κ3) is 3.90. The molecule has 1 saturated carbocycles. The van der Waals surface area contributed by atoms with Gasteiger partial charge in [-0.3, -0.25) is 20.4 Å². The average Bonchev–Trinajstić information content (AvgIpc) is 3.20. The Hall–Kier alpha value is -1.66. The van der Waals surface area contributed by atoms with Gasteiger partial charge in [-0.25, -0.2) is 0 Å². The van der Waals surface area contributed by atoms with Gasteiger partial charge in [0.15, 0.2) is 5.11 Å². The Kier molecular flexibility index (Phi) is 4.34. The lowest BCUT2D eigenvalue weighted by atomic mass is 10.2. The van der Waals surface area contributed by atoms with Crippen LogP contribution >= 0.6 is 23.8 Å². The Balaban J connectivity index is 1.81. The second kappa shape index (κ2) is 5.99. The van der Waals surface area contributed by atoms with Gasteiger partial charge in [0.25, 0.3) is 5.91 Å². The molecule has 0 bridgehead atoms. The van der Waals surface area contributed by atoms with Crippen LogP contribution in [0.25, 0.3) is 0 Å². The van der Waals surface area contributed by atoms with Crippen molar-refractivity contribution in [3.05, 3.63) is 34.9 Å². The highest BCUT2D eigenvalue weighted by Crippen LogP contribution is 2.28. The van der Waals surface area contributed by atoms with Gasteiger partial charge in [0.05, 0.1) is 10.6 Å². The maximum atomic E-state index is 11.8. The maximum Gasteiger partial charge on any atom is 0.271 e. The van der Waals surface area contributed by atoms with E-state index in [0.717, 1.165) is 12.8 Å². The van der Waals surface area contributed by atoms with Gasteiger partial charge in [0.1, 0.15) is 0 Å². The van der Waals surface area contributed by atoms with Crippen molar-refractivity contribution in [1.82, 2.24) is 16.2 Å². The zero-order chi connectivity index (χ0) is 13.8. The molecule has 2 rings (SSSR count). The number of amides is 2. The molecule has 1 aromatic rings. The van der Waals surface area contributed by atoms with Gasteiger partial charge < -0.3 is 5.32 Å². The molecule has 1 aliphatic rings. The van der Waals surface area contributed by atoms with E-state index in [1.165, 1.54) is 0 Å². The van der Waals surface area contributed by atoms with Crippen LogP contribution in [0.3, 0.4) is 0 Å². The molecule has 0 heterocycles. The third-order valence-corrected chi connectivity index (χ3v) is 3.13. The zero-order valence-corrected chi connectivity index (χ0v) is 11.5. The third-order valence-electron chi connectivity index (χ3n) is 2.59. The number of rotatable bonds is 2. The van der Waals surface area contributed by atoms with Crippen molar-refractivity contribution in [1.29, 1.82) is 0 Å². The first-order valence-corrected chi connectivity index (χ1v) is 6.52. The summed E-state index contributed by atoms with van der Waals surface area (Å²) in [6, 6.07) is 6.63. The normalized spacial score (nSPS) is 13.5. The van der Waals surface area contributed by atoms with E-state index in [-0.39, 0.29) is 16.9 Å². The van der Waals surface area contributed by atoms with Crippen LogP contribution in [0.1, 0.15) is 23.2 Å². The Morgan fingerprint density at radius 2 is 1.89 bits per heavy atom. The fraction of sp³-hybridized carbons (Fsp3) is 0.250. The lowest BCUT2D eigenvalue weighted by Crippen LogP contribution is -2.48. The molecule has 1 aliphatic carbocycles. The summed E-state index contributed by atoms with van der Waals surface area (Å²) in [6.07, 6.45) is 1.78. The predicted octanol–water partition coefficient (Wildman–Crippen LogP) is 1.39. The highest BCUT2D eigenvalue weighted by Gasteiger charge is 2.30. The van der Waals surface area contributed by atoms with E-state index >= 15 is 0 Å². The second-order valence-electron chi connectivity index (χ2n) is 4.15. The highest BCUT2D eigenvalue weighted by molar-refractivity contribution is 7.80. The van der Waals surface area contributed by atoms with Gasteiger partial charge >= 0.3 is 0 Å². The smallest absolute Gasteiger partial charge is 0.271 e. The quantitative estimate of drug-likeness (QED) is 0.570. The van der Waals surface area contributed by atoms with E-state index in [9.17, 15) is 9.59 Å². The van der Waals surface area contributed by atoms with Crippen molar-refractivity contribution < 1.29 is 9.59 Å². The molecular formula is C12H12ClN3O2S. The van der Waals surface area contributed by atoms with Crippen LogP contribution in [0.15, 0.2) is 24.3 Å². The van der Waals surface area contributed by atoms with Gasteiger partial charge in [0.2, 0.25) is 5.91 Å². The van der Waals surface area contributed by atoms with Crippen LogP contribution in [0.5, 0.6) is 0 Å². The minimum Gasteiger partial charge on any atom is -0.302 e.